The maximum atomic E-state index is 11.6. The zero-order chi connectivity index (χ0) is 13.0. The zero-order valence-electron chi connectivity index (χ0n) is 10.7. The Bertz CT molecular complexity index is 461. The predicted octanol–water partition coefficient (Wildman–Crippen LogP) is 1.55. The van der Waals surface area contributed by atoms with Crippen LogP contribution in [0.1, 0.15) is 32.2 Å². The first-order valence-corrected chi connectivity index (χ1v) is 7.38. The molecule has 1 saturated carbocycles. The number of aromatic nitrogens is 3. The molecule has 1 aliphatic rings. The Kier molecular flexibility index (Phi) is 4.66. The lowest BCUT2D eigenvalue weighted by Gasteiger charge is -2.07. The zero-order valence-corrected chi connectivity index (χ0v) is 11.6. The minimum atomic E-state index is -0.0882. The molecular formula is C12H20N4OS. The van der Waals surface area contributed by atoms with E-state index < -0.39 is 0 Å². The molecule has 1 fully saturated rings. The summed E-state index contributed by atoms with van der Waals surface area (Å²) in [6.07, 6.45) is 3.30. The molecule has 18 heavy (non-hydrogen) atoms. The SMILES string of the molecule is C=C(CNCCC)CSc1n[nH]c(=O)n1C1CC1. The average molecular weight is 268 g/mol. The highest BCUT2D eigenvalue weighted by atomic mass is 32.2. The van der Waals surface area contributed by atoms with Gasteiger partial charge in [-0.15, -0.1) is 5.10 Å². The average Bonchev–Trinajstić information content (AvgIpc) is 3.11. The lowest BCUT2D eigenvalue weighted by atomic mass is 10.3. The second kappa shape index (κ2) is 6.24. The highest BCUT2D eigenvalue weighted by Gasteiger charge is 2.28. The van der Waals surface area contributed by atoms with Gasteiger partial charge in [-0.1, -0.05) is 30.8 Å². The van der Waals surface area contributed by atoms with Crippen molar-refractivity contribution in [1.29, 1.82) is 0 Å². The number of nitrogens with zero attached hydrogens (tertiary/aromatic N) is 2. The van der Waals surface area contributed by atoms with E-state index in [-0.39, 0.29) is 5.69 Å². The van der Waals surface area contributed by atoms with Gasteiger partial charge in [0.2, 0.25) is 0 Å². The molecular weight excluding hydrogens is 248 g/mol. The molecule has 1 heterocycles. The maximum absolute atomic E-state index is 11.6. The molecule has 1 aromatic heterocycles. The van der Waals surface area contributed by atoms with E-state index in [4.69, 9.17) is 0 Å². The summed E-state index contributed by atoms with van der Waals surface area (Å²) >= 11 is 1.58. The fourth-order valence-electron chi connectivity index (χ4n) is 1.71. The maximum Gasteiger partial charge on any atom is 0.344 e. The summed E-state index contributed by atoms with van der Waals surface area (Å²) in [5, 5.41) is 10.7. The third-order valence-electron chi connectivity index (χ3n) is 2.79. The Morgan fingerprint density at radius 2 is 2.44 bits per heavy atom. The number of hydrogen-bond acceptors (Lipinski definition) is 4. The minimum Gasteiger partial charge on any atom is -0.313 e. The molecule has 0 unspecified atom stereocenters. The first kappa shape index (κ1) is 13.4. The van der Waals surface area contributed by atoms with E-state index in [1.165, 1.54) is 0 Å². The van der Waals surface area contributed by atoms with Crippen LogP contribution in [-0.2, 0) is 0 Å². The van der Waals surface area contributed by atoms with Crippen molar-refractivity contribution in [2.24, 2.45) is 0 Å². The number of H-pyrrole nitrogens is 1. The van der Waals surface area contributed by atoms with Crippen molar-refractivity contribution < 1.29 is 0 Å². The van der Waals surface area contributed by atoms with Crippen molar-refractivity contribution in [3.63, 3.8) is 0 Å². The van der Waals surface area contributed by atoms with Crippen LogP contribution >= 0.6 is 11.8 Å². The molecule has 0 amide bonds. The highest BCUT2D eigenvalue weighted by Crippen LogP contribution is 2.36. The van der Waals surface area contributed by atoms with E-state index in [2.05, 4.69) is 29.0 Å². The molecule has 2 N–H and O–H groups in total. The van der Waals surface area contributed by atoms with Gasteiger partial charge in [0.1, 0.15) is 0 Å². The van der Waals surface area contributed by atoms with E-state index in [1.807, 2.05) is 0 Å². The van der Waals surface area contributed by atoms with Crippen LogP contribution in [0.5, 0.6) is 0 Å². The Morgan fingerprint density at radius 1 is 1.67 bits per heavy atom. The normalized spacial score (nSPS) is 14.9. The van der Waals surface area contributed by atoms with Crippen molar-refractivity contribution in [2.45, 2.75) is 37.4 Å². The van der Waals surface area contributed by atoms with Gasteiger partial charge in [0.15, 0.2) is 5.16 Å². The summed E-state index contributed by atoms with van der Waals surface area (Å²) in [5.41, 5.74) is 1.04. The Hall–Kier alpha value is -1.01. The monoisotopic (exact) mass is 268 g/mol. The molecule has 0 saturated heterocycles. The molecule has 0 bridgehead atoms. The lowest BCUT2D eigenvalue weighted by Crippen LogP contribution is -2.18. The Labute approximate surface area is 111 Å². The smallest absolute Gasteiger partial charge is 0.313 e. The van der Waals surface area contributed by atoms with Gasteiger partial charge in [0, 0.05) is 18.3 Å². The second-order valence-electron chi connectivity index (χ2n) is 4.63. The van der Waals surface area contributed by atoms with Crippen LogP contribution in [0.15, 0.2) is 22.1 Å². The van der Waals surface area contributed by atoms with Crippen LogP contribution in [0.3, 0.4) is 0 Å². The van der Waals surface area contributed by atoms with Crippen molar-refractivity contribution in [3.8, 4) is 0 Å². The topological polar surface area (TPSA) is 62.7 Å². The van der Waals surface area contributed by atoms with E-state index in [0.717, 1.165) is 48.8 Å². The molecule has 5 nitrogen and oxygen atoms in total. The van der Waals surface area contributed by atoms with E-state index >= 15 is 0 Å². The van der Waals surface area contributed by atoms with Crippen LogP contribution in [0.25, 0.3) is 0 Å². The molecule has 0 atom stereocenters. The first-order chi connectivity index (χ1) is 8.72. The quantitative estimate of drug-likeness (QED) is 0.426. The summed E-state index contributed by atoms with van der Waals surface area (Å²) < 4.78 is 1.78. The number of thioether (sulfide) groups is 1. The minimum absolute atomic E-state index is 0.0882. The van der Waals surface area contributed by atoms with Crippen molar-refractivity contribution >= 4 is 11.8 Å². The van der Waals surface area contributed by atoms with Crippen LogP contribution < -0.4 is 11.0 Å². The lowest BCUT2D eigenvalue weighted by molar-refractivity contribution is 0.642. The number of rotatable bonds is 8. The van der Waals surface area contributed by atoms with E-state index in [0.29, 0.717) is 6.04 Å². The van der Waals surface area contributed by atoms with Crippen molar-refractivity contribution in [1.82, 2.24) is 20.1 Å². The molecule has 1 aromatic rings. The fraction of sp³-hybridized carbons (Fsp3) is 0.667. The summed E-state index contributed by atoms with van der Waals surface area (Å²) in [5.74, 6) is 0.799. The van der Waals surface area contributed by atoms with Crippen LogP contribution in [0.2, 0.25) is 0 Å². The Morgan fingerprint density at radius 3 is 3.11 bits per heavy atom. The summed E-state index contributed by atoms with van der Waals surface area (Å²) in [6.45, 7) is 8.02. The van der Waals surface area contributed by atoms with Gasteiger partial charge in [-0.2, -0.15) is 0 Å². The van der Waals surface area contributed by atoms with Crippen LogP contribution in [-0.4, -0.2) is 33.6 Å². The summed E-state index contributed by atoms with van der Waals surface area (Å²) in [7, 11) is 0. The molecule has 0 spiro atoms. The highest BCUT2D eigenvalue weighted by molar-refractivity contribution is 7.99. The second-order valence-corrected chi connectivity index (χ2v) is 5.57. The summed E-state index contributed by atoms with van der Waals surface area (Å²) in [6, 6.07) is 0.366. The van der Waals surface area contributed by atoms with Crippen molar-refractivity contribution in [2.75, 3.05) is 18.8 Å². The molecule has 6 heteroatoms. The molecule has 0 aliphatic heterocycles. The van der Waals surface area contributed by atoms with Gasteiger partial charge < -0.3 is 5.32 Å². The van der Waals surface area contributed by atoms with Crippen LogP contribution in [0.4, 0.5) is 0 Å². The van der Waals surface area contributed by atoms with Crippen molar-refractivity contribution in [3.05, 3.63) is 22.6 Å². The largest absolute Gasteiger partial charge is 0.344 e. The molecule has 0 aromatic carbocycles. The Balaban J connectivity index is 1.83. The molecule has 0 radical (unpaired) electrons. The van der Waals surface area contributed by atoms with Crippen LogP contribution in [0, 0.1) is 0 Å². The predicted molar refractivity (Wildman–Crippen MR) is 74.1 cm³/mol. The number of hydrogen-bond donors (Lipinski definition) is 2. The number of nitrogens with one attached hydrogen (secondary N) is 2. The molecule has 100 valence electrons. The first-order valence-electron chi connectivity index (χ1n) is 6.39. The standard InChI is InChI=1S/C12H20N4OS/c1-3-6-13-7-9(2)8-18-12-15-14-11(17)16(12)10-4-5-10/h10,13H,2-8H2,1H3,(H,14,17). The van der Waals surface area contributed by atoms with Gasteiger partial charge in [0.25, 0.3) is 0 Å². The van der Waals surface area contributed by atoms with E-state index in [9.17, 15) is 4.79 Å². The van der Waals surface area contributed by atoms with Gasteiger partial charge in [-0.25, -0.2) is 9.89 Å². The fourth-order valence-corrected chi connectivity index (χ4v) is 2.62. The third-order valence-corrected chi connectivity index (χ3v) is 3.89. The third kappa shape index (κ3) is 3.49. The summed E-state index contributed by atoms with van der Waals surface area (Å²) in [4.78, 5) is 11.6. The number of aromatic amines is 1. The van der Waals surface area contributed by atoms with Gasteiger partial charge in [0.05, 0.1) is 0 Å². The van der Waals surface area contributed by atoms with E-state index in [1.54, 1.807) is 16.3 Å². The van der Waals surface area contributed by atoms with Gasteiger partial charge >= 0.3 is 5.69 Å². The van der Waals surface area contributed by atoms with Gasteiger partial charge in [-0.3, -0.25) is 4.57 Å². The van der Waals surface area contributed by atoms with Gasteiger partial charge in [-0.05, 0) is 25.8 Å². The molecule has 2 rings (SSSR count). The molecule has 1 aliphatic carbocycles.